The van der Waals surface area contributed by atoms with E-state index >= 15 is 0 Å². The van der Waals surface area contributed by atoms with Gasteiger partial charge in [0, 0.05) is 24.8 Å². The Balaban J connectivity index is 1.82. The lowest BCUT2D eigenvalue weighted by molar-refractivity contribution is -0.381. The lowest BCUT2D eigenvalue weighted by Crippen LogP contribution is -2.89. The maximum atomic E-state index is 13.7. The van der Waals surface area contributed by atoms with Crippen molar-refractivity contribution >= 4 is 34.2 Å². The molecule has 200 valence electrons. The number of ether oxygens (including phenoxy) is 3. The molecule has 0 aliphatic carbocycles. The van der Waals surface area contributed by atoms with E-state index in [1.807, 2.05) is 0 Å². The average Bonchev–Trinajstić information content (AvgIpc) is 3.49. The van der Waals surface area contributed by atoms with Gasteiger partial charge < -0.3 is 39.8 Å². The SMILES string of the molecule is CC(=O)NC1(C)C(C)(C2CCOC2(C)C(=O)Oc2scc3[nH]cnc23)OC(C)(CO)C(C)(O)C1(C)O. The summed E-state index contributed by atoms with van der Waals surface area (Å²) in [6.45, 7) is 9.88. The number of hydrogen-bond donors (Lipinski definition) is 5. The van der Waals surface area contributed by atoms with E-state index in [-0.39, 0.29) is 6.61 Å². The Bertz CT molecular complexity index is 1190. The number of aromatic amines is 1. The number of H-pyrrole nitrogens is 1. The molecule has 0 radical (unpaired) electrons. The van der Waals surface area contributed by atoms with Crippen molar-refractivity contribution in [2.45, 2.75) is 88.4 Å². The van der Waals surface area contributed by atoms with Crippen LogP contribution in [0.25, 0.3) is 11.0 Å². The molecule has 0 bridgehead atoms. The van der Waals surface area contributed by atoms with Crippen molar-refractivity contribution in [3.05, 3.63) is 11.7 Å². The minimum absolute atomic E-state index is 0.183. The number of aliphatic hydroxyl groups excluding tert-OH is 1. The van der Waals surface area contributed by atoms with E-state index in [1.165, 1.54) is 45.4 Å². The number of carbonyl (C=O) groups excluding carboxylic acids is 2. The van der Waals surface area contributed by atoms with Crippen molar-refractivity contribution < 1.29 is 39.1 Å². The zero-order chi connectivity index (χ0) is 26.9. The molecule has 5 N–H and O–H groups in total. The average molecular weight is 526 g/mol. The fourth-order valence-electron chi connectivity index (χ4n) is 6.11. The number of nitrogens with zero attached hydrogens (tertiary/aromatic N) is 1. The summed E-state index contributed by atoms with van der Waals surface area (Å²) in [6.07, 6.45) is 1.82. The van der Waals surface area contributed by atoms with E-state index < -0.39 is 57.9 Å². The number of thiophene rings is 1. The number of rotatable bonds is 5. The Kier molecular flexibility index (Phi) is 6.14. The first-order chi connectivity index (χ1) is 16.5. The van der Waals surface area contributed by atoms with Gasteiger partial charge in [-0.1, -0.05) is 0 Å². The van der Waals surface area contributed by atoms with E-state index in [2.05, 4.69) is 15.3 Å². The summed E-state index contributed by atoms with van der Waals surface area (Å²) in [7, 11) is 0. The zero-order valence-corrected chi connectivity index (χ0v) is 22.4. The third kappa shape index (κ3) is 3.31. The summed E-state index contributed by atoms with van der Waals surface area (Å²) in [5.74, 6) is -1.93. The highest BCUT2D eigenvalue weighted by molar-refractivity contribution is 7.13. The van der Waals surface area contributed by atoms with Crippen LogP contribution in [0.15, 0.2) is 11.7 Å². The fraction of sp³-hybridized carbons (Fsp3) is 0.708. The molecule has 4 heterocycles. The first-order valence-corrected chi connectivity index (χ1v) is 12.7. The number of imidazole rings is 1. The number of amides is 1. The lowest BCUT2D eigenvalue weighted by atomic mass is 9.52. The van der Waals surface area contributed by atoms with Gasteiger partial charge in [-0.05, 0) is 48.0 Å². The summed E-state index contributed by atoms with van der Waals surface area (Å²) in [6, 6.07) is 0. The first-order valence-electron chi connectivity index (χ1n) is 11.8. The summed E-state index contributed by atoms with van der Waals surface area (Å²) in [4.78, 5) is 33.2. The highest BCUT2D eigenvalue weighted by Crippen LogP contribution is 2.59. The van der Waals surface area contributed by atoms with Crippen LogP contribution >= 0.6 is 11.3 Å². The molecule has 7 unspecified atom stereocenters. The molecule has 2 aromatic heterocycles. The molecule has 0 aromatic carbocycles. The van der Waals surface area contributed by atoms with E-state index in [1.54, 1.807) is 26.2 Å². The van der Waals surface area contributed by atoms with Crippen LogP contribution in [-0.4, -0.2) is 83.9 Å². The van der Waals surface area contributed by atoms with Gasteiger partial charge in [0.25, 0.3) is 0 Å². The molecule has 12 heteroatoms. The molecule has 0 saturated carbocycles. The monoisotopic (exact) mass is 525 g/mol. The van der Waals surface area contributed by atoms with Crippen LogP contribution < -0.4 is 10.1 Å². The lowest BCUT2D eigenvalue weighted by Gasteiger charge is -2.69. The van der Waals surface area contributed by atoms with Gasteiger partial charge in [0.15, 0.2) is 5.60 Å². The smallest absolute Gasteiger partial charge is 0.344 e. The molecule has 4 rings (SSSR count). The predicted octanol–water partition coefficient (Wildman–Crippen LogP) is 1.26. The highest BCUT2D eigenvalue weighted by Gasteiger charge is 2.78. The van der Waals surface area contributed by atoms with E-state index in [9.17, 15) is 24.9 Å². The molecule has 7 atom stereocenters. The third-order valence-electron chi connectivity index (χ3n) is 8.98. The molecule has 0 spiro atoms. The van der Waals surface area contributed by atoms with Gasteiger partial charge in [-0.2, -0.15) is 0 Å². The van der Waals surface area contributed by atoms with Gasteiger partial charge in [0.1, 0.15) is 22.3 Å². The van der Waals surface area contributed by atoms with Gasteiger partial charge in [0.05, 0.1) is 29.6 Å². The van der Waals surface area contributed by atoms with Crippen molar-refractivity contribution in [1.29, 1.82) is 0 Å². The maximum absolute atomic E-state index is 13.7. The standard InChI is InChI=1S/C24H35N3O8S/c1-13(29)27-22(5)21(4,35-19(2,11-28)23(6,31)24(22,7)32)15-8-9-33-20(15,3)18(30)34-17-16-14(10-36-17)25-12-26-16/h10,12,15,28,31-32H,8-9,11H2,1-7H3,(H,25,26)(H,27,29). The summed E-state index contributed by atoms with van der Waals surface area (Å²) in [5, 5.41) is 38.7. The Hall–Kier alpha value is -2.09. The molecule has 2 aliphatic rings. The van der Waals surface area contributed by atoms with Crippen LogP contribution in [0.4, 0.5) is 0 Å². The van der Waals surface area contributed by atoms with Crippen LogP contribution in [0.5, 0.6) is 5.06 Å². The third-order valence-corrected chi connectivity index (χ3v) is 9.83. The number of carbonyl (C=O) groups is 2. The van der Waals surface area contributed by atoms with Gasteiger partial charge >= 0.3 is 5.97 Å². The molecule has 36 heavy (non-hydrogen) atoms. The number of hydrogen-bond acceptors (Lipinski definition) is 10. The molecule has 2 fully saturated rings. The van der Waals surface area contributed by atoms with Crippen molar-refractivity contribution in [2.75, 3.05) is 13.2 Å². The van der Waals surface area contributed by atoms with Gasteiger partial charge in [-0.15, -0.1) is 11.3 Å². The molecule has 2 saturated heterocycles. The molecular formula is C24H35N3O8S. The number of esters is 1. The second-order valence-electron chi connectivity index (χ2n) is 10.9. The van der Waals surface area contributed by atoms with Gasteiger partial charge in [-0.3, -0.25) is 4.79 Å². The quantitative estimate of drug-likeness (QED) is 0.362. The van der Waals surface area contributed by atoms with Crippen LogP contribution in [-0.2, 0) is 19.1 Å². The Morgan fingerprint density at radius 1 is 1.22 bits per heavy atom. The van der Waals surface area contributed by atoms with Crippen molar-refractivity contribution in [1.82, 2.24) is 15.3 Å². The van der Waals surface area contributed by atoms with E-state index in [0.29, 0.717) is 17.0 Å². The summed E-state index contributed by atoms with van der Waals surface area (Å²) < 4.78 is 18.3. The topological polar surface area (TPSA) is 163 Å². The van der Waals surface area contributed by atoms with Crippen LogP contribution in [0.3, 0.4) is 0 Å². The van der Waals surface area contributed by atoms with E-state index in [4.69, 9.17) is 14.2 Å². The first kappa shape index (κ1) is 27.0. The molecule has 2 aromatic rings. The Labute approximate surface area is 213 Å². The predicted molar refractivity (Wildman–Crippen MR) is 131 cm³/mol. The minimum Gasteiger partial charge on any atom is -0.411 e. The Morgan fingerprint density at radius 2 is 1.89 bits per heavy atom. The minimum atomic E-state index is -2.03. The van der Waals surface area contributed by atoms with Crippen molar-refractivity contribution in [3.8, 4) is 5.06 Å². The second-order valence-corrected chi connectivity index (χ2v) is 11.8. The van der Waals surface area contributed by atoms with Crippen LogP contribution in [0.2, 0.25) is 0 Å². The summed E-state index contributed by atoms with van der Waals surface area (Å²) in [5.41, 5.74) is -9.17. The molecular weight excluding hydrogens is 490 g/mol. The van der Waals surface area contributed by atoms with Crippen molar-refractivity contribution in [2.24, 2.45) is 5.92 Å². The normalized spacial score (nSPS) is 43.0. The van der Waals surface area contributed by atoms with Crippen LogP contribution in [0, 0.1) is 5.92 Å². The van der Waals surface area contributed by atoms with Gasteiger partial charge in [0.2, 0.25) is 11.0 Å². The van der Waals surface area contributed by atoms with E-state index in [0.717, 1.165) is 5.52 Å². The Morgan fingerprint density at radius 3 is 2.50 bits per heavy atom. The second kappa shape index (κ2) is 8.20. The zero-order valence-electron chi connectivity index (χ0n) is 21.6. The number of nitrogens with one attached hydrogen (secondary N) is 2. The highest BCUT2D eigenvalue weighted by atomic mass is 32.1. The van der Waals surface area contributed by atoms with Gasteiger partial charge in [-0.25, -0.2) is 9.78 Å². The fourth-order valence-corrected chi connectivity index (χ4v) is 6.91. The van der Waals surface area contributed by atoms with Crippen LogP contribution in [0.1, 0.15) is 54.9 Å². The number of aliphatic hydroxyl groups is 3. The molecule has 1 amide bonds. The summed E-state index contributed by atoms with van der Waals surface area (Å²) >= 11 is 1.22. The molecule has 2 aliphatic heterocycles. The molecule has 11 nitrogen and oxygen atoms in total. The number of fused-ring (bicyclic) bond motifs is 1. The van der Waals surface area contributed by atoms with Crippen molar-refractivity contribution in [3.63, 3.8) is 0 Å². The largest absolute Gasteiger partial charge is 0.411 e. The number of aromatic nitrogens is 2. The maximum Gasteiger partial charge on any atom is 0.344 e.